The van der Waals surface area contributed by atoms with Crippen molar-refractivity contribution in [3.63, 3.8) is 0 Å². The molecule has 0 amide bonds. The highest BCUT2D eigenvalue weighted by atomic mass is 16.5. The van der Waals surface area contributed by atoms with E-state index in [9.17, 15) is 5.11 Å². The molecular weight excluding hydrogens is 402 g/mol. The molecule has 0 atom stereocenters. The van der Waals surface area contributed by atoms with Crippen LogP contribution in [0.3, 0.4) is 0 Å². The smallest absolute Gasteiger partial charge is 0.261 e. The number of aromatic hydroxyl groups is 1. The van der Waals surface area contributed by atoms with Gasteiger partial charge in [-0.3, -0.25) is 4.68 Å². The zero-order valence-electron chi connectivity index (χ0n) is 17.5. The predicted octanol–water partition coefficient (Wildman–Crippen LogP) is 4.42. The molecule has 7 nitrogen and oxygen atoms in total. The van der Waals surface area contributed by atoms with E-state index in [0.717, 1.165) is 23.4 Å². The largest absolute Gasteiger partial charge is 0.507 e. The average molecular weight is 423 g/mol. The maximum Gasteiger partial charge on any atom is 0.261 e. The van der Waals surface area contributed by atoms with Crippen LogP contribution in [0.5, 0.6) is 5.75 Å². The van der Waals surface area contributed by atoms with Gasteiger partial charge in [0, 0.05) is 12.6 Å². The summed E-state index contributed by atoms with van der Waals surface area (Å²) < 4.78 is 7.18. The molecular formula is C25H21N5O2. The molecule has 0 bridgehead atoms. The van der Waals surface area contributed by atoms with Gasteiger partial charge in [0.25, 0.3) is 5.89 Å². The Morgan fingerprint density at radius 3 is 2.38 bits per heavy atom. The van der Waals surface area contributed by atoms with Crippen LogP contribution >= 0.6 is 0 Å². The summed E-state index contributed by atoms with van der Waals surface area (Å²) in [4.78, 5) is 9.11. The minimum atomic E-state index is 0.0991. The highest BCUT2D eigenvalue weighted by Gasteiger charge is 2.17. The van der Waals surface area contributed by atoms with E-state index < -0.39 is 0 Å². The number of hydrogen-bond donors (Lipinski definition) is 1. The van der Waals surface area contributed by atoms with E-state index in [1.54, 1.807) is 10.7 Å². The van der Waals surface area contributed by atoms with Gasteiger partial charge in [-0.15, -0.1) is 0 Å². The van der Waals surface area contributed by atoms with Gasteiger partial charge >= 0.3 is 0 Å². The van der Waals surface area contributed by atoms with E-state index in [0.29, 0.717) is 23.6 Å². The molecule has 0 radical (unpaired) electrons. The zero-order valence-corrected chi connectivity index (χ0v) is 17.5. The van der Waals surface area contributed by atoms with Crippen molar-refractivity contribution in [1.82, 2.24) is 24.9 Å². The first-order valence-electron chi connectivity index (χ1n) is 10.3. The van der Waals surface area contributed by atoms with Crippen molar-refractivity contribution in [2.45, 2.75) is 12.8 Å². The molecule has 0 aliphatic carbocycles. The van der Waals surface area contributed by atoms with Crippen LogP contribution < -0.4 is 0 Å². The molecule has 0 saturated carbocycles. The first kappa shape index (κ1) is 19.7. The van der Waals surface area contributed by atoms with Crippen LogP contribution in [0.15, 0.2) is 83.4 Å². The number of rotatable bonds is 6. The molecule has 158 valence electrons. The van der Waals surface area contributed by atoms with Gasteiger partial charge in [0.15, 0.2) is 11.6 Å². The predicted molar refractivity (Wildman–Crippen MR) is 120 cm³/mol. The van der Waals surface area contributed by atoms with Crippen molar-refractivity contribution in [3.8, 4) is 28.6 Å². The van der Waals surface area contributed by atoms with E-state index in [2.05, 4.69) is 32.4 Å². The van der Waals surface area contributed by atoms with Gasteiger partial charge < -0.3 is 9.63 Å². The fourth-order valence-corrected chi connectivity index (χ4v) is 3.55. The Hall–Kier alpha value is -4.26. The Bertz CT molecular complexity index is 1340. The second-order valence-electron chi connectivity index (χ2n) is 7.55. The summed E-state index contributed by atoms with van der Waals surface area (Å²) in [7, 11) is 1.84. The lowest BCUT2D eigenvalue weighted by Gasteiger charge is -2.05. The lowest BCUT2D eigenvalue weighted by molar-refractivity contribution is 0.418. The quantitative estimate of drug-likeness (QED) is 0.435. The summed E-state index contributed by atoms with van der Waals surface area (Å²) >= 11 is 0. The molecule has 32 heavy (non-hydrogen) atoms. The molecule has 0 aliphatic rings. The summed E-state index contributed by atoms with van der Waals surface area (Å²) in [5.74, 6) is 2.22. The zero-order chi connectivity index (χ0) is 21.9. The number of aryl methyl sites for hydroxylation is 1. The molecule has 0 spiro atoms. The number of phenolic OH excluding ortho intramolecular Hbond substituents is 1. The first-order valence-corrected chi connectivity index (χ1v) is 10.3. The summed E-state index contributed by atoms with van der Waals surface area (Å²) in [6.45, 7) is 0. The third-order valence-electron chi connectivity index (χ3n) is 5.21. The number of aromatic nitrogens is 5. The van der Waals surface area contributed by atoms with Crippen molar-refractivity contribution in [3.05, 3.63) is 102 Å². The Labute approximate surface area is 185 Å². The van der Waals surface area contributed by atoms with Crippen LogP contribution in [-0.2, 0) is 19.9 Å². The van der Waals surface area contributed by atoms with Gasteiger partial charge in [-0.05, 0) is 29.7 Å². The highest BCUT2D eigenvalue weighted by Crippen LogP contribution is 2.30. The summed E-state index contributed by atoms with van der Waals surface area (Å²) in [5, 5.41) is 18.9. The fraction of sp³-hybridized carbons (Fsp3) is 0.120. The minimum Gasteiger partial charge on any atom is -0.507 e. The number of hydrogen-bond acceptors (Lipinski definition) is 6. The summed E-state index contributed by atoms with van der Waals surface area (Å²) in [6.07, 6.45) is 1.11. The number of nitrogens with zero attached hydrogens (tertiary/aromatic N) is 5. The van der Waals surface area contributed by atoms with E-state index in [1.165, 1.54) is 5.56 Å². The number of benzene rings is 3. The SMILES string of the molecule is Cn1nc(-c2ccccc2)nc1Cc1noc(-c2cc(Cc3ccccc3)ccc2O)n1. The van der Waals surface area contributed by atoms with E-state index in [1.807, 2.05) is 67.7 Å². The fourth-order valence-electron chi connectivity index (χ4n) is 3.55. The molecule has 3 aromatic carbocycles. The molecule has 5 aromatic rings. The molecule has 7 heteroatoms. The Balaban J connectivity index is 1.37. The Morgan fingerprint density at radius 2 is 1.59 bits per heavy atom. The van der Waals surface area contributed by atoms with Crippen molar-refractivity contribution in [2.75, 3.05) is 0 Å². The van der Waals surface area contributed by atoms with Crippen molar-refractivity contribution in [2.24, 2.45) is 7.05 Å². The van der Waals surface area contributed by atoms with Crippen LogP contribution in [0.2, 0.25) is 0 Å². The summed E-state index contributed by atoms with van der Waals surface area (Å²) in [5.41, 5.74) is 3.69. The second kappa shape index (κ2) is 8.47. The van der Waals surface area contributed by atoms with Gasteiger partial charge in [0.05, 0.1) is 12.0 Å². The van der Waals surface area contributed by atoms with Crippen molar-refractivity contribution in [1.29, 1.82) is 0 Å². The standard InChI is InChI=1S/C25H21N5O2/c1-30-23(27-24(28-30)19-10-6-3-7-11-19)16-22-26-25(32-29-22)20-15-18(12-13-21(20)31)14-17-8-4-2-5-9-17/h2-13,15,31H,14,16H2,1H3. The van der Waals surface area contributed by atoms with Crippen LogP contribution in [0.4, 0.5) is 0 Å². The van der Waals surface area contributed by atoms with Gasteiger partial charge in [0.1, 0.15) is 11.6 Å². The third kappa shape index (κ3) is 4.13. The maximum atomic E-state index is 10.4. The van der Waals surface area contributed by atoms with Gasteiger partial charge in [0.2, 0.25) is 0 Å². The van der Waals surface area contributed by atoms with E-state index >= 15 is 0 Å². The van der Waals surface area contributed by atoms with E-state index in [4.69, 9.17) is 4.52 Å². The van der Waals surface area contributed by atoms with Crippen molar-refractivity contribution >= 4 is 0 Å². The normalized spacial score (nSPS) is 11.0. The Morgan fingerprint density at radius 1 is 0.844 bits per heavy atom. The lowest BCUT2D eigenvalue weighted by atomic mass is 10.0. The van der Waals surface area contributed by atoms with E-state index in [-0.39, 0.29) is 11.6 Å². The topological polar surface area (TPSA) is 89.9 Å². The molecule has 2 aromatic heterocycles. The van der Waals surface area contributed by atoms with Crippen LogP contribution in [0.1, 0.15) is 22.8 Å². The second-order valence-corrected chi connectivity index (χ2v) is 7.55. The average Bonchev–Trinajstić information content (AvgIpc) is 3.43. The van der Waals surface area contributed by atoms with Crippen LogP contribution in [0.25, 0.3) is 22.8 Å². The third-order valence-corrected chi connectivity index (χ3v) is 5.21. The number of phenols is 1. The van der Waals surface area contributed by atoms with Gasteiger partial charge in [-0.2, -0.15) is 10.1 Å². The molecule has 0 aliphatic heterocycles. The molecule has 0 unspecified atom stereocenters. The maximum absolute atomic E-state index is 10.4. The molecule has 0 fully saturated rings. The summed E-state index contributed by atoms with van der Waals surface area (Å²) in [6, 6.07) is 25.4. The highest BCUT2D eigenvalue weighted by molar-refractivity contribution is 5.63. The molecule has 2 heterocycles. The Kier molecular flexibility index (Phi) is 5.21. The van der Waals surface area contributed by atoms with Crippen LogP contribution in [0, 0.1) is 0 Å². The molecule has 5 rings (SSSR count). The lowest BCUT2D eigenvalue weighted by Crippen LogP contribution is -2.01. The molecule has 0 saturated heterocycles. The molecule has 1 N–H and O–H groups in total. The van der Waals surface area contributed by atoms with Gasteiger partial charge in [-0.1, -0.05) is 71.9 Å². The van der Waals surface area contributed by atoms with Crippen LogP contribution in [-0.4, -0.2) is 30.0 Å². The monoisotopic (exact) mass is 423 g/mol. The van der Waals surface area contributed by atoms with Crippen molar-refractivity contribution < 1.29 is 9.63 Å². The first-order chi connectivity index (χ1) is 15.7. The minimum absolute atomic E-state index is 0.0991. The van der Waals surface area contributed by atoms with Gasteiger partial charge in [-0.25, -0.2) is 4.98 Å².